The summed E-state index contributed by atoms with van der Waals surface area (Å²) in [6.45, 7) is 2.80. The first kappa shape index (κ1) is 11.8. The lowest BCUT2D eigenvalue weighted by Crippen LogP contribution is -2.28. The molecule has 14 heavy (non-hydrogen) atoms. The Labute approximate surface area is 93.6 Å². The fraction of sp³-hybridized carbons (Fsp3) is 0.750. The van der Waals surface area contributed by atoms with Crippen LogP contribution in [0, 0.1) is 0 Å². The summed E-state index contributed by atoms with van der Waals surface area (Å²) in [5.74, 6) is 0. The van der Waals surface area contributed by atoms with Crippen molar-refractivity contribution in [2.75, 3.05) is 34.2 Å². The zero-order chi connectivity index (χ0) is 10.6. The van der Waals surface area contributed by atoms with E-state index in [0.717, 1.165) is 25.3 Å². The summed E-state index contributed by atoms with van der Waals surface area (Å²) in [5.41, 5.74) is 0.873. The molecule has 0 saturated carbocycles. The van der Waals surface area contributed by atoms with Crippen LogP contribution in [0.2, 0.25) is 4.34 Å². The van der Waals surface area contributed by atoms with Gasteiger partial charge in [-0.05, 0) is 21.1 Å². The van der Waals surface area contributed by atoms with Crippen molar-refractivity contribution in [1.82, 2.24) is 19.4 Å². The second-order valence-corrected chi connectivity index (χ2v) is 4.89. The lowest BCUT2D eigenvalue weighted by Gasteiger charge is -2.17. The molecule has 0 fully saturated rings. The van der Waals surface area contributed by atoms with E-state index in [0.29, 0.717) is 4.34 Å². The molecule has 6 heteroatoms. The number of hydrogen-bond donors (Lipinski definition) is 0. The van der Waals surface area contributed by atoms with Gasteiger partial charge < -0.3 is 4.90 Å². The van der Waals surface area contributed by atoms with E-state index in [1.54, 1.807) is 0 Å². The van der Waals surface area contributed by atoms with Gasteiger partial charge >= 0.3 is 0 Å². The minimum absolute atomic E-state index is 0.696. The van der Waals surface area contributed by atoms with Gasteiger partial charge in [0.1, 0.15) is 10.0 Å². The van der Waals surface area contributed by atoms with E-state index in [-0.39, 0.29) is 0 Å². The standard InChI is InChI=1S/C8H15ClN4S/c1-12(2)4-5-13(3)6-7-8(9)14-11-10-7/h4-6H2,1-3H3. The average molecular weight is 235 g/mol. The summed E-state index contributed by atoms with van der Waals surface area (Å²) < 4.78 is 4.49. The Kier molecular flexibility index (Phi) is 4.74. The Bertz CT molecular complexity index is 276. The van der Waals surface area contributed by atoms with Gasteiger partial charge in [-0.1, -0.05) is 16.1 Å². The van der Waals surface area contributed by atoms with Crippen LogP contribution in [0.1, 0.15) is 5.69 Å². The fourth-order valence-corrected chi connectivity index (χ4v) is 1.61. The predicted octanol–water partition coefficient (Wildman–Crippen LogP) is 1.18. The van der Waals surface area contributed by atoms with E-state index in [4.69, 9.17) is 11.6 Å². The molecule has 1 rings (SSSR count). The van der Waals surface area contributed by atoms with E-state index in [9.17, 15) is 0 Å². The largest absolute Gasteiger partial charge is 0.308 e. The van der Waals surface area contributed by atoms with Gasteiger partial charge in [-0.25, -0.2) is 0 Å². The summed E-state index contributed by atoms with van der Waals surface area (Å²) in [5, 5.41) is 3.96. The van der Waals surface area contributed by atoms with Crippen LogP contribution in [0.25, 0.3) is 0 Å². The molecule has 0 aliphatic heterocycles. The molecule has 1 aromatic heterocycles. The highest BCUT2D eigenvalue weighted by Crippen LogP contribution is 2.18. The van der Waals surface area contributed by atoms with Crippen molar-refractivity contribution in [2.24, 2.45) is 0 Å². The summed E-state index contributed by atoms with van der Waals surface area (Å²) >= 11 is 7.14. The average Bonchev–Trinajstić information content (AvgIpc) is 2.49. The Balaban J connectivity index is 2.34. The van der Waals surface area contributed by atoms with E-state index in [1.165, 1.54) is 11.5 Å². The van der Waals surface area contributed by atoms with Gasteiger partial charge in [0.05, 0.1) is 0 Å². The van der Waals surface area contributed by atoms with Gasteiger partial charge in [0.2, 0.25) is 0 Å². The van der Waals surface area contributed by atoms with Crippen LogP contribution in [0.5, 0.6) is 0 Å². The molecule has 1 heterocycles. The highest BCUT2D eigenvalue weighted by Gasteiger charge is 2.08. The Morgan fingerprint density at radius 2 is 2.00 bits per heavy atom. The van der Waals surface area contributed by atoms with Crippen LogP contribution in [-0.4, -0.2) is 53.6 Å². The molecule has 1 aromatic rings. The maximum absolute atomic E-state index is 5.90. The van der Waals surface area contributed by atoms with Crippen molar-refractivity contribution >= 4 is 23.1 Å². The predicted molar refractivity (Wildman–Crippen MR) is 59.8 cm³/mol. The lowest BCUT2D eigenvalue weighted by atomic mass is 10.4. The SMILES string of the molecule is CN(C)CCN(C)Cc1nnsc1Cl. The summed E-state index contributed by atoms with van der Waals surface area (Å²) in [7, 11) is 6.18. The van der Waals surface area contributed by atoms with E-state index < -0.39 is 0 Å². The van der Waals surface area contributed by atoms with Gasteiger partial charge in [0.25, 0.3) is 0 Å². The zero-order valence-electron chi connectivity index (χ0n) is 8.70. The number of rotatable bonds is 5. The number of hydrogen-bond acceptors (Lipinski definition) is 5. The fourth-order valence-electron chi connectivity index (χ4n) is 0.997. The van der Waals surface area contributed by atoms with Crippen molar-refractivity contribution in [1.29, 1.82) is 0 Å². The molecule has 0 unspecified atom stereocenters. The van der Waals surface area contributed by atoms with Crippen molar-refractivity contribution in [2.45, 2.75) is 6.54 Å². The Hall–Kier alpha value is -0.230. The first-order valence-electron chi connectivity index (χ1n) is 4.39. The van der Waals surface area contributed by atoms with Crippen LogP contribution in [0.4, 0.5) is 0 Å². The van der Waals surface area contributed by atoms with E-state index >= 15 is 0 Å². The van der Waals surface area contributed by atoms with E-state index in [1.807, 2.05) is 0 Å². The highest BCUT2D eigenvalue weighted by molar-refractivity contribution is 7.10. The smallest absolute Gasteiger partial charge is 0.138 e. The molecule has 4 nitrogen and oxygen atoms in total. The molecule has 0 amide bonds. The molecule has 80 valence electrons. The molecular weight excluding hydrogens is 220 g/mol. The number of halogens is 1. The van der Waals surface area contributed by atoms with Gasteiger partial charge in [-0.3, -0.25) is 4.90 Å². The third kappa shape index (κ3) is 3.88. The van der Waals surface area contributed by atoms with Crippen LogP contribution in [0.15, 0.2) is 0 Å². The minimum Gasteiger partial charge on any atom is -0.308 e. The lowest BCUT2D eigenvalue weighted by molar-refractivity contribution is 0.274. The van der Waals surface area contributed by atoms with Crippen molar-refractivity contribution < 1.29 is 0 Å². The van der Waals surface area contributed by atoms with Gasteiger partial charge in [0.15, 0.2) is 0 Å². The summed E-state index contributed by atoms with van der Waals surface area (Å²) in [6, 6.07) is 0. The summed E-state index contributed by atoms with van der Waals surface area (Å²) in [6.07, 6.45) is 0. The van der Waals surface area contributed by atoms with Crippen LogP contribution >= 0.6 is 23.1 Å². The molecule has 0 aliphatic carbocycles. The summed E-state index contributed by atoms with van der Waals surface area (Å²) in [4.78, 5) is 4.33. The number of likely N-dealkylation sites (N-methyl/N-ethyl adjacent to an activating group) is 2. The van der Waals surface area contributed by atoms with E-state index in [2.05, 4.69) is 40.5 Å². The molecule has 0 saturated heterocycles. The number of aromatic nitrogens is 2. The Morgan fingerprint density at radius 1 is 1.29 bits per heavy atom. The van der Waals surface area contributed by atoms with Crippen LogP contribution in [-0.2, 0) is 6.54 Å². The number of nitrogens with zero attached hydrogens (tertiary/aromatic N) is 4. The molecular formula is C8H15ClN4S. The third-order valence-corrected chi connectivity index (χ3v) is 2.84. The molecule has 0 aromatic carbocycles. The van der Waals surface area contributed by atoms with Crippen LogP contribution in [0.3, 0.4) is 0 Å². The maximum Gasteiger partial charge on any atom is 0.138 e. The maximum atomic E-state index is 5.90. The van der Waals surface area contributed by atoms with Gasteiger partial charge in [-0.2, -0.15) is 0 Å². The molecule has 0 radical (unpaired) electrons. The van der Waals surface area contributed by atoms with Crippen molar-refractivity contribution in [3.63, 3.8) is 0 Å². The second-order valence-electron chi connectivity index (χ2n) is 3.53. The normalized spacial score (nSPS) is 11.6. The van der Waals surface area contributed by atoms with Gasteiger partial charge in [0, 0.05) is 31.2 Å². The van der Waals surface area contributed by atoms with Crippen LogP contribution < -0.4 is 0 Å². The first-order chi connectivity index (χ1) is 6.59. The monoisotopic (exact) mass is 234 g/mol. The Morgan fingerprint density at radius 3 is 2.50 bits per heavy atom. The van der Waals surface area contributed by atoms with Crippen molar-refractivity contribution in [3.8, 4) is 0 Å². The topological polar surface area (TPSA) is 32.3 Å². The first-order valence-corrected chi connectivity index (χ1v) is 5.54. The molecule has 0 N–H and O–H groups in total. The molecule has 0 spiro atoms. The second kappa shape index (κ2) is 5.60. The quantitative estimate of drug-likeness (QED) is 0.766. The minimum atomic E-state index is 0.696. The van der Waals surface area contributed by atoms with Gasteiger partial charge in [-0.15, -0.1) is 5.10 Å². The molecule has 0 bridgehead atoms. The third-order valence-electron chi connectivity index (χ3n) is 1.86. The van der Waals surface area contributed by atoms with Crippen molar-refractivity contribution in [3.05, 3.63) is 10.0 Å². The molecule has 0 aliphatic rings. The highest BCUT2D eigenvalue weighted by atomic mass is 35.5. The molecule has 0 atom stereocenters. The zero-order valence-corrected chi connectivity index (χ0v) is 10.3.